The number of hydrogen-bond donors (Lipinski definition) is 2. The van der Waals surface area contributed by atoms with Crippen LogP contribution in [-0.2, 0) is 16.0 Å². The second-order valence-electron chi connectivity index (χ2n) is 4.73. The van der Waals surface area contributed by atoms with Crippen molar-refractivity contribution in [1.29, 1.82) is 0 Å². The number of carboxylic acids is 1. The normalized spacial score (nSPS) is 20.5. The van der Waals surface area contributed by atoms with Crippen LogP contribution in [0.2, 0.25) is 0 Å². The first-order chi connectivity index (χ1) is 8.99. The largest absolute Gasteiger partial charge is 0.480 e. The molecule has 6 nitrogen and oxygen atoms in total. The molecule has 7 heteroatoms. The van der Waals surface area contributed by atoms with Crippen LogP contribution in [0, 0.1) is 0 Å². The molecule has 1 fully saturated rings. The van der Waals surface area contributed by atoms with Gasteiger partial charge in [-0.15, -0.1) is 11.3 Å². The minimum absolute atomic E-state index is 0.146. The Bertz CT molecular complexity index is 486. The lowest BCUT2D eigenvalue weighted by Crippen LogP contribution is -2.41. The molecule has 0 aromatic carbocycles. The summed E-state index contributed by atoms with van der Waals surface area (Å²) in [6, 6.07) is -0.827. The average molecular weight is 283 g/mol. The molecule has 1 saturated heterocycles. The van der Waals surface area contributed by atoms with Gasteiger partial charge in [0.1, 0.15) is 11.0 Å². The van der Waals surface area contributed by atoms with Gasteiger partial charge < -0.3 is 15.7 Å². The third-order valence-electron chi connectivity index (χ3n) is 3.15. The second-order valence-corrected chi connectivity index (χ2v) is 5.62. The number of carbonyl (C=O) groups is 2. The number of aromatic nitrogens is 1. The predicted octanol–water partition coefficient (Wildman–Crippen LogP) is 0.781. The minimum atomic E-state index is -0.930. The Morgan fingerprint density at radius 2 is 2.42 bits per heavy atom. The van der Waals surface area contributed by atoms with Crippen molar-refractivity contribution >= 4 is 23.2 Å². The summed E-state index contributed by atoms with van der Waals surface area (Å²) in [5, 5.41) is 11.7. The van der Waals surface area contributed by atoms with Crippen molar-refractivity contribution in [3.05, 3.63) is 16.1 Å². The standard InChI is InChI=1S/C12H17N3O3S/c1-7(13)11-14-8(6-19-11)5-10(16)15-4-2-3-9(15)12(17)18/h6-7,9H,2-5,13H2,1H3,(H,17,18). The fourth-order valence-electron chi connectivity index (χ4n) is 2.19. The third-order valence-corrected chi connectivity index (χ3v) is 4.24. The molecule has 1 aliphatic heterocycles. The van der Waals surface area contributed by atoms with E-state index in [1.807, 2.05) is 12.3 Å². The van der Waals surface area contributed by atoms with E-state index < -0.39 is 12.0 Å². The number of rotatable bonds is 4. The van der Waals surface area contributed by atoms with Crippen molar-refractivity contribution in [2.45, 2.75) is 38.3 Å². The van der Waals surface area contributed by atoms with Crippen LogP contribution < -0.4 is 5.73 Å². The second kappa shape index (κ2) is 5.66. The van der Waals surface area contributed by atoms with Crippen LogP contribution >= 0.6 is 11.3 Å². The quantitative estimate of drug-likeness (QED) is 0.851. The van der Waals surface area contributed by atoms with Gasteiger partial charge >= 0.3 is 5.97 Å². The number of aliphatic carboxylic acids is 1. The summed E-state index contributed by atoms with van der Waals surface area (Å²) in [7, 11) is 0. The highest BCUT2D eigenvalue weighted by Gasteiger charge is 2.33. The highest BCUT2D eigenvalue weighted by molar-refractivity contribution is 7.09. The summed E-state index contributed by atoms with van der Waals surface area (Å²) in [6.07, 6.45) is 1.42. The van der Waals surface area contributed by atoms with Crippen LogP contribution in [0.1, 0.15) is 36.5 Å². The molecule has 2 heterocycles. The fraction of sp³-hybridized carbons (Fsp3) is 0.583. The van der Waals surface area contributed by atoms with E-state index in [1.165, 1.54) is 16.2 Å². The molecule has 1 aliphatic rings. The summed E-state index contributed by atoms with van der Waals surface area (Å²) in [5.74, 6) is -1.10. The van der Waals surface area contributed by atoms with Crippen molar-refractivity contribution in [2.24, 2.45) is 5.73 Å². The average Bonchev–Trinajstić information content (AvgIpc) is 2.96. The van der Waals surface area contributed by atoms with Crippen molar-refractivity contribution in [2.75, 3.05) is 6.54 Å². The number of amides is 1. The van der Waals surface area contributed by atoms with E-state index in [0.717, 1.165) is 11.4 Å². The Morgan fingerprint density at radius 3 is 3.00 bits per heavy atom. The zero-order valence-corrected chi connectivity index (χ0v) is 11.5. The van der Waals surface area contributed by atoms with E-state index in [9.17, 15) is 9.59 Å². The lowest BCUT2D eigenvalue weighted by atomic mass is 10.2. The summed E-state index contributed by atoms with van der Waals surface area (Å²) in [5.41, 5.74) is 6.38. The smallest absolute Gasteiger partial charge is 0.326 e. The Morgan fingerprint density at radius 1 is 1.68 bits per heavy atom. The molecule has 0 spiro atoms. The monoisotopic (exact) mass is 283 g/mol. The SMILES string of the molecule is CC(N)c1nc(CC(=O)N2CCCC2C(=O)O)cs1. The van der Waals surface area contributed by atoms with Crippen molar-refractivity contribution < 1.29 is 14.7 Å². The summed E-state index contributed by atoms with van der Waals surface area (Å²) >= 11 is 1.43. The predicted molar refractivity (Wildman–Crippen MR) is 70.8 cm³/mol. The van der Waals surface area contributed by atoms with Crippen molar-refractivity contribution in [1.82, 2.24) is 9.88 Å². The third kappa shape index (κ3) is 3.10. The highest BCUT2D eigenvalue weighted by atomic mass is 32.1. The van der Waals surface area contributed by atoms with Gasteiger partial charge in [0.25, 0.3) is 0 Å². The van der Waals surface area contributed by atoms with Gasteiger partial charge in [0.2, 0.25) is 5.91 Å². The highest BCUT2D eigenvalue weighted by Crippen LogP contribution is 2.20. The number of likely N-dealkylation sites (tertiary alicyclic amines) is 1. The van der Waals surface area contributed by atoms with Gasteiger partial charge in [-0.25, -0.2) is 9.78 Å². The number of nitrogens with two attached hydrogens (primary N) is 1. The number of carbonyl (C=O) groups excluding carboxylic acids is 1. The molecular weight excluding hydrogens is 266 g/mol. The lowest BCUT2D eigenvalue weighted by Gasteiger charge is -2.20. The maximum absolute atomic E-state index is 12.1. The van der Waals surface area contributed by atoms with Crippen LogP contribution in [0.3, 0.4) is 0 Å². The first-order valence-electron chi connectivity index (χ1n) is 6.21. The maximum atomic E-state index is 12.1. The van der Waals surface area contributed by atoms with E-state index in [0.29, 0.717) is 18.7 Å². The Labute approximate surface area is 115 Å². The van der Waals surface area contributed by atoms with Gasteiger partial charge in [0, 0.05) is 11.9 Å². The molecule has 3 N–H and O–H groups in total. The van der Waals surface area contributed by atoms with E-state index in [4.69, 9.17) is 10.8 Å². The van der Waals surface area contributed by atoms with E-state index >= 15 is 0 Å². The van der Waals surface area contributed by atoms with Crippen LogP contribution in [0.15, 0.2) is 5.38 Å². The molecule has 1 amide bonds. The van der Waals surface area contributed by atoms with Gasteiger partial charge in [0.05, 0.1) is 18.2 Å². The molecule has 1 aromatic rings. The molecule has 0 radical (unpaired) electrons. The first kappa shape index (κ1) is 14.0. The maximum Gasteiger partial charge on any atom is 0.326 e. The van der Waals surface area contributed by atoms with E-state index in [1.54, 1.807) is 0 Å². The summed E-state index contributed by atoms with van der Waals surface area (Å²) in [6.45, 7) is 2.35. The Balaban J connectivity index is 2.02. The molecule has 2 unspecified atom stereocenters. The molecule has 2 rings (SSSR count). The van der Waals surface area contributed by atoms with E-state index in [-0.39, 0.29) is 18.4 Å². The summed E-state index contributed by atoms with van der Waals surface area (Å²) in [4.78, 5) is 28.9. The lowest BCUT2D eigenvalue weighted by molar-refractivity contribution is -0.148. The molecule has 104 valence electrons. The van der Waals surface area contributed by atoms with Crippen LogP contribution in [0.4, 0.5) is 0 Å². The number of hydrogen-bond acceptors (Lipinski definition) is 5. The molecular formula is C12H17N3O3S. The molecule has 1 aromatic heterocycles. The number of thiazole rings is 1. The minimum Gasteiger partial charge on any atom is -0.480 e. The zero-order valence-electron chi connectivity index (χ0n) is 10.7. The molecule has 0 bridgehead atoms. The van der Waals surface area contributed by atoms with Gasteiger partial charge in [-0.3, -0.25) is 4.79 Å². The number of nitrogens with zero attached hydrogens (tertiary/aromatic N) is 2. The summed E-state index contributed by atoms with van der Waals surface area (Å²) < 4.78 is 0. The Kier molecular flexibility index (Phi) is 4.16. The van der Waals surface area contributed by atoms with Gasteiger partial charge in [-0.05, 0) is 19.8 Å². The van der Waals surface area contributed by atoms with Crippen molar-refractivity contribution in [3.63, 3.8) is 0 Å². The van der Waals surface area contributed by atoms with E-state index in [2.05, 4.69) is 4.98 Å². The van der Waals surface area contributed by atoms with Crippen LogP contribution in [0.5, 0.6) is 0 Å². The molecule has 2 atom stereocenters. The molecule has 0 aliphatic carbocycles. The van der Waals surface area contributed by atoms with Crippen LogP contribution in [-0.4, -0.2) is 39.5 Å². The molecule has 0 saturated carbocycles. The van der Waals surface area contributed by atoms with Crippen molar-refractivity contribution in [3.8, 4) is 0 Å². The van der Waals surface area contributed by atoms with Gasteiger partial charge in [-0.1, -0.05) is 0 Å². The fourth-order valence-corrected chi connectivity index (χ4v) is 2.97. The Hall–Kier alpha value is -1.47. The zero-order chi connectivity index (χ0) is 14.0. The topological polar surface area (TPSA) is 96.5 Å². The first-order valence-corrected chi connectivity index (χ1v) is 7.09. The molecule has 19 heavy (non-hydrogen) atoms. The number of carboxylic acid groups (broad SMARTS) is 1. The van der Waals surface area contributed by atoms with Gasteiger partial charge in [-0.2, -0.15) is 0 Å². The van der Waals surface area contributed by atoms with Gasteiger partial charge in [0.15, 0.2) is 0 Å². The van der Waals surface area contributed by atoms with Crippen LogP contribution in [0.25, 0.3) is 0 Å².